The quantitative estimate of drug-likeness (QED) is 0.811. The van der Waals surface area contributed by atoms with Gasteiger partial charge in [0.1, 0.15) is 11.6 Å². The number of anilines is 1. The van der Waals surface area contributed by atoms with Gasteiger partial charge in [0.05, 0.1) is 10.7 Å². The summed E-state index contributed by atoms with van der Waals surface area (Å²) in [6.45, 7) is 0.158. The Morgan fingerprint density at radius 2 is 2.05 bits per heavy atom. The normalized spacial score (nSPS) is 10.3. The fraction of sp³-hybridized carbons (Fsp3) is 0.0714. The number of benzene rings is 2. The van der Waals surface area contributed by atoms with Crippen LogP contribution in [0.2, 0.25) is 5.02 Å². The first kappa shape index (κ1) is 14.1. The average Bonchev–Trinajstić information content (AvgIpc) is 2.41. The van der Waals surface area contributed by atoms with Gasteiger partial charge in [-0.25, -0.2) is 4.39 Å². The standard InChI is InChI=1S/C14H12ClFN2O2/c15-11-3-1-8(14(17)20)6-12(11)18-7-9-5-10(16)2-4-13(9)19/h1-6,18-19H,7H2,(H2,17,20). The van der Waals surface area contributed by atoms with Crippen molar-refractivity contribution >= 4 is 23.2 Å². The Morgan fingerprint density at radius 1 is 1.30 bits per heavy atom. The monoisotopic (exact) mass is 294 g/mol. The van der Waals surface area contributed by atoms with Crippen LogP contribution < -0.4 is 11.1 Å². The molecular weight excluding hydrogens is 283 g/mol. The van der Waals surface area contributed by atoms with Gasteiger partial charge in [0, 0.05) is 17.7 Å². The molecule has 4 N–H and O–H groups in total. The summed E-state index contributed by atoms with van der Waals surface area (Å²) in [6, 6.07) is 8.20. The van der Waals surface area contributed by atoms with Crippen molar-refractivity contribution in [1.29, 1.82) is 0 Å². The molecule has 6 heteroatoms. The molecule has 2 aromatic carbocycles. The van der Waals surface area contributed by atoms with E-state index in [-0.39, 0.29) is 12.3 Å². The highest BCUT2D eigenvalue weighted by Gasteiger charge is 2.07. The summed E-state index contributed by atoms with van der Waals surface area (Å²) in [5, 5.41) is 12.9. The van der Waals surface area contributed by atoms with E-state index in [1.54, 1.807) is 0 Å². The van der Waals surface area contributed by atoms with Crippen LogP contribution in [-0.2, 0) is 6.54 Å². The minimum Gasteiger partial charge on any atom is -0.508 e. The van der Waals surface area contributed by atoms with Crippen molar-refractivity contribution in [2.75, 3.05) is 5.32 Å². The fourth-order valence-electron chi connectivity index (χ4n) is 1.70. The van der Waals surface area contributed by atoms with Gasteiger partial charge in [-0.05, 0) is 36.4 Å². The lowest BCUT2D eigenvalue weighted by Gasteiger charge is -2.11. The van der Waals surface area contributed by atoms with Crippen molar-refractivity contribution < 1.29 is 14.3 Å². The smallest absolute Gasteiger partial charge is 0.248 e. The molecule has 4 nitrogen and oxygen atoms in total. The molecule has 0 spiro atoms. The van der Waals surface area contributed by atoms with Crippen LogP contribution >= 0.6 is 11.6 Å². The third-order valence-corrected chi connectivity index (χ3v) is 3.09. The highest BCUT2D eigenvalue weighted by molar-refractivity contribution is 6.33. The molecule has 1 amide bonds. The molecule has 0 saturated heterocycles. The van der Waals surface area contributed by atoms with Crippen LogP contribution in [0.15, 0.2) is 36.4 Å². The van der Waals surface area contributed by atoms with E-state index in [1.807, 2.05) is 0 Å². The van der Waals surface area contributed by atoms with Crippen molar-refractivity contribution in [2.45, 2.75) is 6.54 Å². The first-order valence-electron chi connectivity index (χ1n) is 5.78. The molecule has 0 aliphatic heterocycles. The largest absolute Gasteiger partial charge is 0.508 e. The maximum Gasteiger partial charge on any atom is 0.248 e. The van der Waals surface area contributed by atoms with Crippen LogP contribution in [0.4, 0.5) is 10.1 Å². The summed E-state index contributed by atoms with van der Waals surface area (Å²) in [5.74, 6) is -1.05. The van der Waals surface area contributed by atoms with Gasteiger partial charge in [0.25, 0.3) is 0 Å². The van der Waals surface area contributed by atoms with Crippen LogP contribution in [-0.4, -0.2) is 11.0 Å². The number of rotatable bonds is 4. The summed E-state index contributed by atoms with van der Waals surface area (Å²) < 4.78 is 13.1. The maximum absolute atomic E-state index is 13.1. The number of nitrogens with one attached hydrogen (secondary N) is 1. The van der Waals surface area contributed by atoms with E-state index >= 15 is 0 Å². The molecule has 0 radical (unpaired) electrons. The number of carbonyl (C=O) groups excluding carboxylic acids is 1. The SMILES string of the molecule is NC(=O)c1ccc(Cl)c(NCc2cc(F)ccc2O)c1. The van der Waals surface area contributed by atoms with Crippen LogP contribution in [0.25, 0.3) is 0 Å². The predicted octanol–water partition coefficient (Wildman–Crippen LogP) is 2.90. The molecular formula is C14H12ClFN2O2. The van der Waals surface area contributed by atoms with Crippen molar-refractivity contribution in [3.63, 3.8) is 0 Å². The van der Waals surface area contributed by atoms with Crippen molar-refractivity contribution in [3.05, 3.63) is 58.4 Å². The Morgan fingerprint density at radius 3 is 2.75 bits per heavy atom. The molecule has 0 aliphatic carbocycles. The number of hydrogen-bond acceptors (Lipinski definition) is 3. The van der Waals surface area contributed by atoms with Gasteiger partial charge in [0.15, 0.2) is 0 Å². The molecule has 2 aromatic rings. The van der Waals surface area contributed by atoms with Crippen LogP contribution in [0.3, 0.4) is 0 Å². The fourth-order valence-corrected chi connectivity index (χ4v) is 1.88. The van der Waals surface area contributed by atoms with Gasteiger partial charge in [-0.2, -0.15) is 0 Å². The number of amides is 1. The van der Waals surface area contributed by atoms with Gasteiger partial charge < -0.3 is 16.2 Å². The lowest BCUT2D eigenvalue weighted by molar-refractivity contribution is 0.100. The second-order valence-corrected chi connectivity index (χ2v) is 4.59. The lowest BCUT2D eigenvalue weighted by Crippen LogP contribution is -2.11. The third kappa shape index (κ3) is 3.19. The van der Waals surface area contributed by atoms with Gasteiger partial charge in [-0.15, -0.1) is 0 Å². The summed E-state index contributed by atoms with van der Waals surface area (Å²) in [5.41, 5.74) is 6.35. The lowest BCUT2D eigenvalue weighted by atomic mass is 10.1. The molecule has 0 fully saturated rings. The van der Waals surface area contributed by atoms with E-state index in [0.717, 1.165) is 0 Å². The topological polar surface area (TPSA) is 75.4 Å². The van der Waals surface area contributed by atoms with E-state index in [1.165, 1.54) is 36.4 Å². The number of hydrogen-bond donors (Lipinski definition) is 3. The molecule has 0 aliphatic rings. The summed E-state index contributed by atoms with van der Waals surface area (Å²) in [7, 11) is 0. The van der Waals surface area contributed by atoms with Crippen LogP contribution in [0.5, 0.6) is 5.75 Å². The Labute approximate surface area is 120 Å². The molecule has 0 unspecified atom stereocenters. The van der Waals surface area contributed by atoms with Crippen molar-refractivity contribution in [1.82, 2.24) is 0 Å². The molecule has 2 rings (SSSR count). The zero-order valence-corrected chi connectivity index (χ0v) is 11.1. The Balaban J connectivity index is 2.20. The van der Waals surface area contributed by atoms with E-state index in [2.05, 4.69) is 5.32 Å². The number of nitrogens with two attached hydrogens (primary N) is 1. The molecule has 0 atom stereocenters. The number of aromatic hydroxyl groups is 1. The summed E-state index contributed by atoms with van der Waals surface area (Å²) >= 11 is 5.99. The minimum atomic E-state index is -0.571. The van der Waals surface area contributed by atoms with Crippen LogP contribution in [0.1, 0.15) is 15.9 Å². The van der Waals surface area contributed by atoms with Crippen molar-refractivity contribution in [2.24, 2.45) is 5.73 Å². The van der Waals surface area contributed by atoms with E-state index in [0.29, 0.717) is 21.8 Å². The molecule has 104 valence electrons. The number of phenolic OH excluding ortho intramolecular Hbond substituents is 1. The second kappa shape index (κ2) is 5.79. The Hall–Kier alpha value is -2.27. The van der Waals surface area contributed by atoms with E-state index < -0.39 is 11.7 Å². The van der Waals surface area contributed by atoms with E-state index in [9.17, 15) is 14.3 Å². The van der Waals surface area contributed by atoms with Gasteiger partial charge in [0.2, 0.25) is 5.91 Å². The number of carbonyl (C=O) groups is 1. The third-order valence-electron chi connectivity index (χ3n) is 2.76. The Kier molecular flexibility index (Phi) is 4.10. The molecule has 0 bridgehead atoms. The highest BCUT2D eigenvalue weighted by atomic mass is 35.5. The summed E-state index contributed by atoms with van der Waals surface area (Å²) in [6.07, 6.45) is 0. The molecule has 0 heterocycles. The van der Waals surface area contributed by atoms with Gasteiger partial charge in [-0.1, -0.05) is 11.6 Å². The van der Waals surface area contributed by atoms with E-state index in [4.69, 9.17) is 17.3 Å². The first-order valence-corrected chi connectivity index (χ1v) is 6.16. The van der Waals surface area contributed by atoms with Crippen molar-refractivity contribution in [3.8, 4) is 5.75 Å². The first-order chi connectivity index (χ1) is 9.47. The van der Waals surface area contributed by atoms with Gasteiger partial charge in [-0.3, -0.25) is 4.79 Å². The summed E-state index contributed by atoms with van der Waals surface area (Å²) in [4.78, 5) is 11.1. The number of halogens is 2. The second-order valence-electron chi connectivity index (χ2n) is 4.19. The predicted molar refractivity (Wildman–Crippen MR) is 75.4 cm³/mol. The number of phenols is 1. The molecule has 0 saturated carbocycles. The number of primary amides is 1. The average molecular weight is 295 g/mol. The highest BCUT2D eigenvalue weighted by Crippen LogP contribution is 2.25. The zero-order chi connectivity index (χ0) is 14.7. The molecule has 20 heavy (non-hydrogen) atoms. The van der Waals surface area contributed by atoms with Gasteiger partial charge >= 0.3 is 0 Å². The molecule has 0 aromatic heterocycles. The zero-order valence-electron chi connectivity index (χ0n) is 10.4. The minimum absolute atomic E-state index is 0.0268. The van der Waals surface area contributed by atoms with Crippen LogP contribution in [0, 0.1) is 5.82 Å². The Bertz CT molecular complexity index is 662. The maximum atomic E-state index is 13.1.